The van der Waals surface area contributed by atoms with Crippen LogP contribution >= 0.6 is 0 Å². The lowest BCUT2D eigenvalue weighted by molar-refractivity contribution is 0.0400. The Bertz CT molecular complexity index is 802. The van der Waals surface area contributed by atoms with E-state index in [4.69, 9.17) is 0 Å². The minimum atomic E-state index is 0.0569. The SMILES string of the molecule is CN(C(=O)c1ccccc1)C1CC2CCC(C1)N2C(=O)c1cncn1C. The van der Waals surface area contributed by atoms with Gasteiger partial charge in [0.15, 0.2) is 0 Å². The van der Waals surface area contributed by atoms with Crippen LogP contribution in [0.4, 0.5) is 0 Å². The molecular formula is C20H24N4O2. The van der Waals surface area contributed by atoms with Crippen molar-refractivity contribution < 1.29 is 9.59 Å². The molecule has 2 aromatic rings. The van der Waals surface area contributed by atoms with E-state index >= 15 is 0 Å². The zero-order chi connectivity index (χ0) is 18.3. The fourth-order valence-electron chi connectivity index (χ4n) is 4.44. The third-order valence-electron chi connectivity index (χ3n) is 5.87. The normalized spacial score (nSPS) is 24.5. The number of benzene rings is 1. The molecule has 6 nitrogen and oxygen atoms in total. The minimum absolute atomic E-state index is 0.0569. The van der Waals surface area contributed by atoms with Crippen LogP contribution in [0.15, 0.2) is 42.9 Å². The monoisotopic (exact) mass is 352 g/mol. The number of aromatic nitrogens is 2. The molecule has 0 radical (unpaired) electrons. The Labute approximate surface area is 153 Å². The predicted octanol–water partition coefficient (Wildman–Crippen LogP) is 2.33. The van der Waals surface area contributed by atoms with Gasteiger partial charge in [0.1, 0.15) is 5.69 Å². The molecule has 0 aliphatic carbocycles. The maximum atomic E-state index is 13.0. The predicted molar refractivity (Wildman–Crippen MR) is 97.7 cm³/mol. The topological polar surface area (TPSA) is 58.4 Å². The highest BCUT2D eigenvalue weighted by Gasteiger charge is 2.45. The summed E-state index contributed by atoms with van der Waals surface area (Å²) in [5, 5.41) is 0. The summed E-state index contributed by atoms with van der Waals surface area (Å²) in [5.41, 5.74) is 1.35. The summed E-state index contributed by atoms with van der Waals surface area (Å²) in [6.45, 7) is 0. The summed E-state index contributed by atoms with van der Waals surface area (Å²) in [6, 6.07) is 9.98. The molecule has 2 fully saturated rings. The fraction of sp³-hybridized carbons (Fsp3) is 0.450. The lowest BCUT2D eigenvalue weighted by Gasteiger charge is -2.42. The van der Waals surface area contributed by atoms with Crippen molar-refractivity contribution in [1.82, 2.24) is 19.4 Å². The number of hydrogen-bond acceptors (Lipinski definition) is 3. The van der Waals surface area contributed by atoms with Crippen molar-refractivity contribution in [2.45, 2.75) is 43.8 Å². The second-order valence-corrected chi connectivity index (χ2v) is 7.39. The number of rotatable bonds is 3. The van der Waals surface area contributed by atoms with Crippen molar-refractivity contribution in [1.29, 1.82) is 0 Å². The van der Waals surface area contributed by atoms with Crippen LogP contribution in [0.5, 0.6) is 0 Å². The maximum absolute atomic E-state index is 13.0. The Kier molecular flexibility index (Phi) is 4.26. The Balaban J connectivity index is 1.49. The van der Waals surface area contributed by atoms with Gasteiger partial charge in [-0.15, -0.1) is 0 Å². The van der Waals surface area contributed by atoms with E-state index in [-0.39, 0.29) is 29.9 Å². The van der Waals surface area contributed by atoms with Gasteiger partial charge in [-0.25, -0.2) is 4.98 Å². The molecule has 3 heterocycles. The molecule has 136 valence electrons. The van der Waals surface area contributed by atoms with Crippen molar-refractivity contribution in [2.75, 3.05) is 7.05 Å². The van der Waals surface area contributed by atoms with Gasteiger partial charge in [0.05, 0.1) is 12.5 Å². The number of amides is 2. The summed E-state index contributed by atoms with van der Waals surface area (Å²) in [4.78, 5) is 33.7. The fourth-order valence-corrected chi connectivity index (χ4v) is 4.44. The molecule has 2 bridgehead atoms. The maximum Gasteiger partial charge on any atom is 0.272 e. The highest BCUT2D eigenvalue weighted by Crippen LogP contribution is 2.38. The zero-order valence-electron chi connectivity index (χ0n) is 15.2. The van der Waals surface area contributed by atoms with Gasteiger partial charge in [0.25, 0.3) is 11.8 Å². The van der Waals surface area contributed by atoms with Crippen molar-refractivity contribution in [3.63, 3.8) is 0 Å². The van der Waals surface area contributed by atoms with E-state index in [2.05, 4.69) is 4.98 Å². The van der Waals surface area contributed by atoms with Crippen LogP contribution in [0.25, 0.3) is 0 Å². The smallest absolute Gasteiger partial charge is 0.272 e. The number of fused-ring (bicyclic) bond motifs is 2. The minimum Gasteiger partial charge on any atom is -0.339 e. The van der Waals surface area contributed by atoms with Crippen LogP contribution < -0.4 is 0 Å². The average Bonchev–Trinajstić information content (AvgIpc) is 3.21. The number of aryl methyl sites for hydroxylation is 1. The number of carbonyl (C=O) groups is 2. The average molecular weight is 352 g/mol. The van der Waals surface area contributed by atoms with Crippen LogP contribution in [0.2, 0.25) is 0 Å². The van der Waals surface area contributed by atoms with Crippen LogP contribution in [-0.2, 0) is 7.05 Å². The van der Waals surface area contributed by atoms with Crippen molar-refractivity contribution in [3.8, 4) is 0 Å². The molecule has 2 saturated heterocycles. The molecule has 4 rings (SSSR count). The second kappa shape index (κ2) is 6.59. The Morgan fingerprint density at radius 3 is 2.35 bits per heavy atom. The van der Waals surface area contributed by atoms with Crippen molar-refractivity contribution in [3.05, 3.63) is 54.1 Å². The molecule has 2 amide bonds. The highest BCUT2D eigenvalue weighted by atomic mass is 16.2. The van der Waals surface area contributed by atoms with Gasteiger partial charge in [0, 0.05) is 37.8 Å². The van der Waals surface area contributed by atoms with Gasteiger partial charge >= 0.3 is 0 Å². The van der Waals surface area contributed by atoms with Gasteiger partial charge in [-0.05, 0) is 37.8 Å². The summed E-state index contributed by atoms with van der Waals surface area (Å²) in [5.74, 6) is 0.120. The van der Waals surface area contributed by atoms with Gasteiger partial charge in [-0.1, -0.05) is 18.2 Å². The van der Waals surface area contributed by atoms with Crippen molar-refractivity contribution >= 4 is 11.8 Å². The molecule has 26 heavy (non-hydrogen) atoms. The molecule has 1 aromatic heterocycles. The molecule has 2 aliphatic rings. The molecule has 2 atom stereocenters. The third-order valence-corrected chi connectivity index (χ3v) is 5.87. The van der Waals surface area contributed by atoms with Gasteiger partial charge in [-0.2, -0.15) is 0 Å². The molecule has 0 N–H and O–H groups in total. The summed E-state index contributed by atoms with van der Waals surface area (Å²) < 4.78 is 1.78. The van der Waals surface area contributed by atoms with Crippen LogP contribution in [0.1, 0.15) is 46.5 Å². The third kappa shape index (κ3) is 2.79. The van der Waals surface area contributed by atoms with E-state index in [0.717, 1.165) is 31.2 Å². The van der Waals surface area contributed by atoms with E-state index in [0.29, 0.717) is 5.69 Å². The van der Waals surface area contributed by atoms with Crippen molar-refractivity contribution in [2.24, 2.45) is 7.05 Å². The lowest BCUT2D eigenvalue weighted by atomic mass is 9.95. The first-order valence-electron chi connectivity index (χ1n) is 9.17. The lowest BCUT2D eigenvalue weighted by Crippen LogP contribution is -2.53. The molecule has 2 unspecified atom stereocenters. The van der Waals surface area contributed by atoms with Gasteiger partial charge in [0.2, 0.25) is 0 Å². The van der Waals surface area contributed by atoms with E-state index in [1.165, 1.54) is 0 Å². The summed E-state index contributed by atoms with van der Waals surface area (Å²) in [7, 11) is 3.74. The Hall–Kier alpha value is -2.63. The van der Waals surface area contributed by atoms with E-state index in [1.54, 1.807) is 17.1 Å². The van der Waals surface area contributed by atoms with Gasteiger partial charge in [-0.3, -0.25) is 9.59 Å². The van der Waals surface area contributed by atoms with Crippen LogP contribution in [0.3, 0.4) is 0 Å². The number of imidazole rings is 1. The Morgan fingerprint density at radius 1 is 1.12 bits per heavy atom. The van der Waals surface area contributed by atoms with E-state index < -0.39 is 0 Å². The first-order valence-corrected chi connectivity index (χ1v) is 9.17. The largest absolute Gasteiger partial charge is 0.339 e. The molecule has 0 saturated carbocycles. The Morgan fingerprint density at radius 2 is 1.77 bits per heavy atom. The number of piperidine rings is 1. The summed E-state index contributed by atoms with van der Waals surface area (Å²) in [6.07, 6.45) is 7.01. The quantitative estimate of drug-likeness (QED) is 0.852. The first kappa shape index (κ1) is 16.8. The zero-order valence-corrected chi connectivity index (χ0v) is 15.2. The molecular weight excluding hydrogens is 328 g/mol. The van der Waals surface area contributed by atoms with Crippen LogP contribution in [-0.4, -0.2) is 56.3 Å². The molecule has 1 aromatic carbocycles. The highest BCUT2D eigenvalue weighted by molar-refractivity contribution is 5.94. The molecule has 2 aliphatic heterocycles. The van der Waals surface area contributed by atoms with Crippen LogP contribution in [0, 0.1) is 0 Å². The number of nitrogens with zero attached hydrogens (tertiary/aromatic N) is 4. The first-order chi connectivity index (χ1) is 12.6. The second-order valence-electron chi connectivity index (χ2n) is 7.39. The van der Waals surface area contributed by atoms with Gasteiger partial charge < -0.3 is 14.4 Å². The van der Waals surface area contributed by atoms with E-state index in [9.17, 15) is 9.59 Å². The summed E-state index contributed by atoms with van der Waals surface area (Å²) >= 11 is 0. The molecule has 6 heteroatoms. The molecule has 0 spiro atoms. The number of carbonyl (C=O) groups excluding carboxylic acids is 2. The number of hydrogen-bond donors (Lipinski definition) is 0. The standard InChI is InChI=1S/C20H24N4O2/c1-22-13-21-12-18(22)20(26)24-15-8-9-16(24)11-17(10-15)23(2)19(25)14-6-4-3-5-7-14/h3-7,12-13,15-17H,8-11H2,1-2H3. The van der Waals surface area contributed by atoms with E-state index in [1.807, 2.05) is 54.2 Å².